The Morgan fingerprint density at radius 2 is 1.83 bits per heavy atom. The number of benzene rings is 1. The van der Waals surface area contributed by atoms with Crippen molar-refractivity contribution in [3.8, 4) is 11.1 Å². The molecule has 3 fully saturated rings. The first-order valence-electron chi connectivity index (χ1n) is 13.0. The van der Waals surface area contributed by atoms with Crippen molar-refractivity contribution in [1.82, 2.24) is 14.8 Å². The first kappa shape index (κ1) is 24.7. The van der Waals surface area contributed by atoms with Crippen LogP contribution in [0.15, 0.2) is 36.5 Å². The van der Waals surface area contributed by atoms with E-state index < -0.39 is 5.41 Å². The maximum absolute atomic E-state index is 15.4. The van der Waals surface area contributed by atoms with Gasteiger partial charge in [-0.25, -0.2) is 4.39 Å². The van der Waals surface area contributed by atoms with E-state index in [2.05, 4.69) is 4.98 Å². The van der Waals surface area contributed by atoms with E-state index in [0.29, 0.717) is 23.5 Å². The fraction of sp³-hybridized carbons (Fsp3) is 0.536. The SMILES string of the molecule is CN(C)C(=O)c1ccc(-c2ccc(N3CCC[C@]4(CCN([C@H]5CC[C@@H](O)CC5)C4=O)C3)c(F)c2)cn1. The molecule has 2 saturated heterocycles. The summed E-state index contributed by atoms with van der Waals surface area (Å²) < 4.78 is 15.4. The molecular formula is C28H35FN4O3. The molecule has 36 heavy (non-hydrogen) atoms. The van der Waals surface area contributed by atoms with E-state index in [1.165, 1.54) is 11.0 Å². The standard InChI is InChI=1S/C28H35FN4O3/c1-31(2)26(35)24-10-4-20(17-30-24)19-5-11-25(23(29)16-19)32-14-3-12-28(18-32)13-15-33(27(28)36)21-6-8-22(34)9-7-21/h4-5,10-11,16-17,21-22,34H,3,6-9,12-15,18H2,1-2H3/t21-,22+,28-/m0/s1. The Labute approximate surface area is 211 Å². The van der Waals surface area contributed by atoms with Gasteiger partial charge in [0.15, 0.2) is 0 Å². The van der Waals surface area contributed by atoms with Gasteiger partial charge >= 0.3 is 0 Å². The molecule has 8 heteroatoms. The Hall–Kier alpha value is -3.00. The number of hydrogen-bond acceptors (Lipinski definition) is 5. The predicted octanol–water partition coefficient (Wildman–Crippen LogP) is 3.71. The molecule has 0 radical (unpaired) electrons. The fourth-order valence-electron chi connectivity index (χ4n) is 6.15. The van der Waals surface area contributed by atoms with Crippen LogP contribution in [0.3, 0.4) is 0 Å². The number of carbonyl (C=O) groups is 2. The molecule has 1 spiro atoms. The second kappa shape index (κ2) is 9.81. The lowest BCUT2D eigenvalue weighted by Gasteiger charge is -2.41. The third-order valence-electron chi connectivity index (χ3n) is 8.24. The summed E-state index contributed by atoms with van der Waals surface area (Å²) in [7, 11) is 3.35. The molecule has 192 valence electrons. The predicted molar refractivity (Wildman–Crippen MR) is 136 cm³/mol. The molecule has 3 aliphatic rings. The van der Waals surface area contributed by atoms with E-state index >= 15 is 4.39 Å². The normalized spacial score (nSPS) is 26.5. The summed E-state index contributed by atoms with van der Waals surface area (Å²) in [6, 6.07) is 8.84. The van der Waals surface area contributed by atoms with E-state index in [-0.39, 0.29) is 29.8 Å². The highest BCUT2D eigenvalue weighted by Gasteiger charge is 2.50. The number of pyridine rings is 1. The molecule has 1 N–H and O–H groups in total. The second-order valence-electron chi connectivity index (χ2n) is 10.8. The number of hydrogen-bond donors (Lipinski definition) is 1. The van der Waals surface area contributed by atoms with E-state index in [9.17, 15) is 14.7 Å². The number of likely N-dealkylation sites (tertiary alicyclic amines) is 1. The Kier molecular flexibility index (Phi) is 6.72. The van der Waals surface area contributed by atoms with Crippen LogP contribution in [0.5, 0.6) is 0 Å². The summed E-state index contributed by atoms with van der Waals surface area (Å²) in [4.78, 5) is 35.5. The minimum atomic E-state index is -0.446. The third kappa shape index (κ3) is 4.59. The number of aromatic nitrogens is 1. The van der Waals surface area contributed by atoms with Gasteiger partial charge in [0.25, 0.3) is 5.91 Å². The molecule has 2 aromatic rings. The lowest BCUT2D eigenvalue weighted by Crippen LogP contribution is -2.50. The Balaban J connectivity index is 1.30. The van der Waals surface area contributed by atoms with Crippen LogP contribution in [0.1, 0.15) is 55.4 Å². The van der Waals surface area contributed by atoms with Crippen molar-refractivity contribution in [3.63, 3.8) is 0 Å². The van der Waals surface area contributed by atoms with Gasteiger partial charge in [-0.1, -0.05) is 12.1 Å². The summed E-state index contributed by atoms with van der Waals surface area (Å²) in [5.74, 6) is -0.283. The number of halogens is 1. The highest BCUT2D eigenvalue weighted by atomic mass is 19.1. The minimum Gasteiger partial charge on any atom is -0.393 e. The van der Waals surface area contributed by atoms with Crippen LogP contribution in [0.25, 0.3) is 11.1 Å². The lowest BCUT2D eigenvalue weighted by atomic mass is 9.78. The molecule has 2 aliphatic heterocycles. The summed E-state index contributed by atoms with van der Waals surface area (Å²) in [5.41, 5.74) is 1.86. The smallest absolute Gasteiger partial charge is 0.271 e. The molecule has 3 heterocycles. The van der Waals surface area contributed by atoms with Gasteiger partial charge in [0, 0.05) is 51.5 Å². The molecule has 1 saturated carbocycles. The van der Waals surface area contributed by atoms with Crippen LogP contribution in [0.2, 0.25) is 0 Å². The van der Waals surface area contributed by atoms with Crippen LogP contribution in [0, 0.1) is 11.2 Å². The summed E-state index contributed by atoms with van der Waals surface area (Å²) in [6.45, 7) is 2.02. The van der Waals surface area contributed by atoms with E-state index in [4.69, 9.17) is 0 Å². The van der Waals surface area contributed by atoms with Crippen LogP contribution in [-0.2, 0) is 4.79 Å². The van der Waals surface area contributed by atoms with Gasteiger partial charge in [0.1, 0.15) is 11.5 Å². The molecule has 5 rings (SSSR count). The zero-order chi connectivity index (χ0) is 25.4. The number of nitrogens with zero attached hydrogens (tertiary/aromatic N) is 4. The van der Waals surface area contributed by atoms with Crippen LogP contribution in [-0.4, -0.2) is 77.6 Å². The zero-order valence-corrected chi connectivity index (χ0v) is 21.1. The number of piperidine rings is 1. The molecule has 1 aliphatic carbocycles. The number of carbonyl (C=O) groups excluding carboxylic acids is 2. The Morgan fingerprint density at radius 3 is 2.50 bits per heavy atom. The van der Waals surface area contributed by atoms with Crippen molar-refractivity contribution in [2.45, 2.75) is 57.1 Å². The van der Waals surface area contributed by atoms with Crippen molar-refractivity contribution in [3.05, 3.63) is 48.0 Å². The first-order valence-corrected chi connectivity index (χ1v) is 13.0. The topological polar surface area (TPSA) is 77.0 Å². The molecule has 1 aromatic carbocycles. The van der Waals surface area contributed by atoms with Crippen molar-refractivity contribution in [1.29, 1.82) is 0 Å². The van der Waals surface area contributed by atoms with Crippen LogP contribution >= 0.6 is 0 Å². The van der Waals surface area contributed by atoms with Crippen molar-refractivity contribution in [2.24, 2.45) is 5.41 Å². The number of aliphatic hydroxyl groups excluding tert-OH is 1. The third-order valence-corrected chi connectivity index (χ3v) is 8.24. The highest BCUT2D eigenvalue weighted by Crippen LogP contribution is 2.44. The largest absolute Gasteiger partial charge is 0.393 e. The van der Waals surface area contributed by atoms with Gasteiger partial charge in [-0.3, -0.25) is 14.6 Å². The molecule has 0 bridgehead atoms. The number of amides is 2. The van der Waals surface area contributed by atoms with Crippen molar-refractivity contribution < 1.29 is 19.1 Å². The fourth-order valence-corrected chi connectivity index (χ4v) is 6.15. The molecular weight excluding hydrogens is 459 g/mol. The second-order valence-corrected chi connectivity index (χ2v) is 10.8. The van der Waals surface area contributed by atoms with E-state index in [0.717, 1.165) is 63.6 Å². The minimum absolute atomic E-state index is 0.178. The molecule has 1 atom stereocenters. The van der Waals surface area contributed by atoms with Crippen LogP contribution < -0.4 is 4.90 Å². The average Bonchev–Trinajstić information content (AvgIpc) is 3.19. The monoisotopic (exact) mass is 494 g/mol. The van der Waals surface area contributed by atoms with Gasteiger partial charge in [-0.15, -0.1) is 0 Å². The number of rotatable bonds is 4. The van der Waals surface area contributed by atoms with Gasteiger partial charge < -0.3 is 19.8 Å². The van der Waals surface area contributed by atoms with Gasteiger partial charge in [0.05, 0.1) is 17.2 Å². The Morgan fingerprint density at radius 1 is 1.08 bits per heavy atom. The molecule has 1 aromatic heterocycles. The maximum Gasteiger partial charge on any atom is 0.271 e. The Bertz CT molecular complexity index is 1130. The lowest BCUT2D eigenvalue weighted by molar-refractivity contribution is -0.139. The van der Waals surface area contributed by atoms with Gasteiger partial charge in [-0.05, 0) is 68.7 Å². The van der Waals surface area contributed by atoms with Gasteiger partial charge in [0.2, 0.25) is 5.91 Å². The summed E-state index contributed by atoms with van der Waals surface area (Å²) >= 11 is 0. The number of anilines is 1. The van der Waals surface area contributed by atoms with E-state index in [1.54, 1.807) is 38.5 Å². The van der Waals surface area contributed by atoms with Crippen molar-refractivity contribution >= 4 is 17.5 Å². The first-order chi connectivity index (χ1) is 17.3. The van der Waals surface area contributed by atoms with Crippen LogP contribution in [0.4, 0.5) is 10.1 Å². The van der Waals surface area contributed by atoms with E-state index in [1.807, 2.05) is 15.9 Å². The quantitative estimate of drug-likeness (QED) is 0.701. The highest BCUT2D eigenvalue weighted by molar-refractivity contribution is 5.92. The number of aliphatic hydroxyl groups is 1. The zero-order valence-electron chi connectivity index (χ0n) is 21.1. The maximum atomic E-state index is 15.4. The van der Waals surface area contributed by atoms with Crippen molar-refractivity contribution in [2.75, 3.05) is 38.6 Å². The molecule has 2 amide bonds. The average molecular weight is 495 g/mol. The molecule has 0 unspecified atom stereocenters. The van der Waals surface area contributed by atoms with Gasteiger partial charge in [-0.2, -0.15) is 0 Å². The molecule has 7 nitrogen and oxygen atoms in total. The summed E-state index contributed by atoms with van der Waals surface area (Å²) in [6.07, 6.45) is 7.11. The summed E-state index contributed by atoms with van der Waals surface area (Å²) in [5, 5.41) is 9.85.